The zero-order valence-corrected chi connectivity index (χ0v) is 21.2. The number of para-hydroxylation sites is 1. The summed E-state index contributed by atoms with van der Waals surface area (Å²) in [4.78, 5) is 37.8. The number of fused-ring (bicyclic) bond motifs is 1. The smallest absolute Gasteiger partial charge is 0.460 e. The van der Waals surface area contributed by atoms with Gasteiger partial charge in [-0.3, -0.25) is 23.7 Å². The summed E-state index contributed by atoms with van der Waals surface area (Å²) in [5.41, 5.74) is -7.11. The van der Waals surface area contributed by atoms with Crippen molar-refractivity contribution >= 4 is 13.7 Å². The summed E-state index contributed by atoms with van der Waals surface area (Å²) in [5.74, 6) is -3.92. The predicted octanol–water partition coefficient (Wildman–Crippen LogP) is 0.729. The molecule has 1 aromatic carbocycles. The molecule has 2 aromatic rings. The van der Waals surface area contributed by atoms with Gasteiger partial charge < -0.3 is 24.2 Å². The number of aliphatic hydroxyl groups is 2. The standard InChI is InChI=1S/C22H27FN3O10P/c1-12(2)33-16(28)13(3)25-37(32,35-14-8-6-5-7-9-14)36-17-21(31)20(4,30)18(34-22(17,21)23)26-11-10-15(27)24-19(26)29/h5-13,17-18,30-31H,1-4H3,(H,25,32)(H,24,27,29)/t13-,17+,18+,20-,21-,22+,37?/m0/s1. The highest BCUT2D eigenvalue weighted by Crippen LogP contribution is 2.71. The molecule has 2 heterocycles. The first-order valence-corrected chi connectivity index (χ1v) is 12.8. The molecule has 13 nitrogen and oxygen atoms in total. The van der Waals surface area contributed by atoms with Gasteiger partial charge in [0, 0.05) is 12.3 Å². The molecule has 1 aliphatic heterocycles. The first-order chi connectivity index (χ1) is 17.1. The van der Waals surface area contributed by atoms with Crippen molar-refractivity contribution in [3.8, 4) is 5.75 Å². The van der Waals surface area contributed by atoms with Gasteiger partial charge in [-0.2, -0.15) is 5.09 Å². The Balaban J connectivity index is 1.62. The van der Waals surface area contributed by atoms with Gasteiger partial charge in [-0.05, 0) is 39.8 Å². The minimum absolute atomic E-state index is 0.0267. The third kappa shape index (κ3) is 4.54. The summed E-state index contributed by atoms with van der Waals surface area (Å²) in [7, 11) is -4.65. The molecule has 0 bridgehead atoms. The maximum Gasteiger partial charge on any atom is 0.460 e. The fourth-order valence-electron chi connectivity index (χ4n) is 4.14. The first kappa shape index (κ1) is 27.2. The van der Waals surface area contributed by atoms with Crippen molar-refractivity contribution in [1.29, 1.82) is 0 Å². The molecule has 0 spiro atoms. The van der Waals surface area contributed by atoms with Crippen molar-refractivity contribution in [2.45, 2.75) is 69.2 Å². The summed E-state index contributed by atoms with van der Waals surface area (Å²) in [6.45, 7) is 5.52. The quantitative estimate of drug-likeness (QED) is 0.259. The van der Waals surface area contributed by atoms with Crippen molar-refractivity contribution in [3.05, 3.63) is 63.4 Å². The number of hydrogen-bond donors (Lipinski definition) is 4. The number of nitrogens with zero attached hydrogens (tertiary/aromatic N) is 1. The lowest BCUT2D eigenvalue weighted by Gasteiger charge is -2.33. The number of benzene rings is 1. The molecule has 1 saturated carbocycles. The van der Waals surface area contributed by atoms with Gasteiger partial charge in [0.05, 0.1) is 6.10 Å². The molecule has 1 aromatic heterocycles. The Bertz CT molecular complexity index is 1350. The van der Waals surface area contributed by atoms with Crippen molar-refractivity contribution in [3.63, 3.8) is 0 Å². The second-order valence-corrected chi connectivity index (χ2v) is 10.9. The first-order valence-electron chi connectivity index (χ1n) is 11.3. The molecule has 37 heavy (non-hydrogen) atoms. The zero-order chi connectivity index (χ0) is 27.4. The van der Waals surface area contributed by atoms with E-state index in [1.807, 2.05) is 4.98 Å². The molecular weight excluding hydrogens is 516 g/mol. The third-order valence-corrected chi connectivity index (χ3v) is 7.71. The minimum Gasteiger partial charge on any atom is -0.462 e. The highest BCUT2D eigenvalue weighted by atomic mass is 31.2. The van der Waals surface area contributed by atoms with Gasteiger partial charge in [0.25, 0.3) is 11.4 Å². The van der Waals surface area contributed by atoms with Gasteiger partial charge in [0.15, 0.2) is 17.9 Å². The zero-order valence-electron chi connectivity index (χ0n) is 20.3. The molecule has 7 atom stereocenters. The minimum atomic E-state index is -4.65. The van der Waals surface area contributed by atoms with E-state index >= 15 is 4.39 Å². The molecule has 0 amide bonds. The van der Waals surface area contributed by atoms with Gasteiger partial charge in [-0.25, -0.2) is 13.8 Å². The van der Waals surface area contributed by atoms with Crippen LogP contribution in [0.2, 0.25) is 0 Å². The third-order valence-electron chi connectivity index (χ3n) is 6.06. The molecule has 202 valence electrons. The highest BCUT2D eigenvalue weighted by molar-refractivity contribution is 7.52. The molecule has 0 radical (unpaired) electrons. The number of nitrogens with one attached hydrogen (secondary N) is 2. The lowest BCUT2D eigenvalue weighted by molar-refractivity contribution is -0.180. The van der Waals surface area contributed by atoms with Crippen molar-refractivity contribution in [1.82, 2.24) is 14.6 Å². The number of halogens is 1. The molecule has 15 heteroatoms. The SMILES string of the molecule is CC(C)OC(=O)[C@H](C)NP(=O)(Oc1ccccc1)O[C@@H]1[C@]2(O)[C@@](C)(O)[C@H](n3ccc(=O)[nH]c3=O)O[C@]12F. The topological polar surface area (TPSA) is 178 Å². The number of carbonyl (C=O) groups excluding carboxylic acids is 1. The van der Waals surface area contributed by atoms with Gasteiger partial charge in [-0.1, -0.05) is 18.2 Å². The Labute approximate surface area is 209 Å². The second-order valence-electron chi connectivity index (χ2n) is 9.27. The predicted molar refractivity (Wildman–Crippen MR) is 124 cm³/mol. The van der Waals surface area contributed by atoms with Crippen LogP contribution < -0.4 is 20.9 Å². The highest BCUT2D eigenvalue weighted by Gasteiger charge is 2.95. The van der Waals surface area contributed by atoms with Crippen LogP contribution in [0.1, 0.15) is 33.9 Å². The van der Waals surface area contributed by atoms with Gasteiger partial charge >= 0.3 is 19.4 Å². The molecule has 1 unspecified atom stereocenters. The molecule has 2 aliphatic rings. The van der Waals surface area contributed by atoms with Crippen LogP contribution in [-0.2, 0) is 23.4 Å². The molecule has 2 fully saturated rings. The van der Waals surface area contributed by atoms with Crippen molar-refractivity contribution in [2.75, 3.05) is 0 Å². The number of esters is 1. The maximum absolute atomic E-state index is 15.9. The van der Waals surface area contributed by atoms with Crippen LogP contribution in [0.15, 0.2) is 52.2 Å². The van der Waals surface area contributed by atoms with Gasteiger partial charge in [0.1, 0.15) is 17.4 Å². The number of hydrogen-bond acceptors (Lipinski definition) is 10. The van der Waals surface area contributed by atoms with Crippen LogP contribution in [0.25, 0.3) is 0 Å². The van der Waals surface area contributed by atoms with Crippen molar-refractivity contribution < 1.29 is 42.5 Å². The van der Waals surface area contributed by atoms with Crippen LogP contribution in [0.3, 0.4) is 0 Å². The van der Waals surface area contributed by atoms with Crippen LogP contribution in [0.4, 0.5) is 4.39 Å². The molecule has 1 aliphatic carbocycles. The Morgan fingerprint density at radius 1 is 1.22 bits per heavy atom. The van der Waals surface area contributed by atoms with E-state index in [9.17, 15) is 29.2 Å². The number of aromatic amines is 1. The normalized spacial score (nSPS) is 32.9. The summed E-state index contributed by atoms with van der Waals surface area (Å²) < 4.78 is 51.4. The molecular formula is C22H27FN3O10P. The van der Waals surface area contributed by atoms with Crippen molar-refractivity contribution in [2.24, 2.45) is 0 Å². The summed E-state index contributed by atoms with van der Waals surface area (Å²) in [5, 5.41) is 24.6. The fourth-order valence-corrected chi connectivity index (χ4v) is 5.84. The maximum atomic E-state index is 15.9. The number of rotatable bonds is 9. The Hall–Kier alpha value is -2.87. The summed E-state index contributed by atoms with van der Waals surface area (Å²) in [6, 6.07) is 7.32. The number of H-pyrrole nitrogens is 1. The molecule has 4 N–H and O–H groups in total. The van der Waals surface area contributed by atoms with E-state index in [0.29, 0.717) is 4.57 Å². The molecule has 4 rings (SSSR count). The van der Waals surface area contributed by atoms with E-state index in [0.717, 1.165) is 19.2 Å². The number of alkyl halides is 1. The Morgan fingerprint density at radius 3 is 2.41 bits per heavy atom. The number of carbonyl (C=O) groups is 1. The van der Waals surface area contributed by atoms with Gasteiger partial charge in [0.2, 0.25) is 0 Å². The van der Waals surface area contributed by atoms with E-state index in [1.165, 1.54) is 19.1 Å². The van der Waals surface area contributed by atoms with E-state index < -0.39 is 66.5 Å². The van der Waals surface area contributed by atoms with Crippen LogP contribution in [0, 0.1) is 0 Å². The summed E-state index contributed by atoms with van der Waals surface area (Å²) in [6.07, 6.45) is -3.38. The van der Waals surface area contributed by atoms with E-state index in [2.05, 4.69) is 5.09 Å². The second kappa shape index (κ2) is 9.15. The molecule has 1 saturated heterocycles. The van der Waals surface area contributed by atoms with E-state index in [4.69, 9.17) is 18.5 Å². The van der Waals surface area contributed by atoms with Crippen LogP contribution in [-0.4, -0.2) is 61.0 Å². The fraction of sp³-hybridized carbons (Fsp3) is 0.500. The monoisotopic (exact) mass is 543 g/mol. The Kier molecular flexibility index (Phi) is 6.72. The number of ether oxygens (including phenoxy) is 2. The lowest BCUT2D eigenvalue weighted by Crippen LogP contribution is -2.51. The average molecular weight is 543 g/mol. The Morgan fingerprint density at radius 2 is 1.86 bits per heavy atom. The van der Waals surface area contributed by atoms with Gasteiger partial charge in [-0.15, -0.1) is 0 Å². The van der Waals surface area contributed by atoms with E-state index in [-0.39, 0.29) is 5.75 Å². The van der Waals surface area contributed by atoms with Crippen LogP contribution >= 0.6 is 7.75 Å². The van der Waals surface area contributed by atoms with E-state index in [1.54, 1.807) is 32.0 Å². The lowest BCUT2D eigenvalue weighted by atomic mass is 9.95. The summed E-state index contributed by atoms with van der Waals surface area (Å²) >= 11 is 0. The largest absolute Gasteiger partial charge is 0.462 e. The van der Waals surface area contributed by atoms with Crippen LogP contribution in [0.5, 0.6) is 5.75 Å². The number of aromatic nitrogens is 2. The average Bonchev–Trinajstić information content (AvgIpc) is 3.19.